The van der Waals surface area contributed by atoms with Gasteiger partial charge in [-0.2, -0.15) is 0 Å². The molecule has 0 unspecified atom stereocenters. The molecule has 5 heteroatoms. The average molecular weight is 235 g/mol. The summed E-state index contributed by atoms with van der Waals surface area (Å²) in [6.45, 7) is 2.61. The van der Waals surface area contributed by atoms with Gasteiger partial charge in [-0.05, 0) is 18.2 Å². The van der Waals surface area contributed by atoms with Crippen molar-refractivity contribution in [2.24, 2.45) is 5.73 Å². The fourth-order valence-corrected chi connectivity index (χ4v) is 1.28. The zero-order chi connectivity index (χ0) is 12.7. The van der Waals surface area contributed by atoms with Crippen LogP contribution in [0.1, 0.15) is 23.7 Å². The molecule has 0 aliphatic heterocycles. The number of nitrogens with two attached hydrogens (primary N) is 1. The van der Waals surface area contributed by atoms with E-state index in [0.717, 1.165) is 0 Å². The van der Waals surface area contributed by atoms with Crippen molar-refractivity contribution in [2.45, 2.75) is 13.3 Å². The molecule has 2 amide bonds. The Labute approximate surface area is 100 Å². The highest BCUT2D eigenvalue weighted by molar-refractivity contribution is 5.97. The largest absolute Gasteiger partial charge is 0.351 e. The van der Waals surface area contributed by atoms with Crippen LogP contribution in [0.3, 0.4) is 0 Å². The lowest BCUT2D eigenvalue weighted by Crippen LogP contribution is -2.29. The van der Waals surface area contributed by atoms with Gasteiger partial charge in [0, 0.05) is 30.8 Å². The summed E-state index contributed by atoms with van der Waals surface area (Å²) in [6, 6.07) is 6.79. The van der Waals surface area contributed by atoms with Gasteiger partial charge in [-0.3, -0.25) is 9.59 Å². The third-order valence-electron chi connectivity index (χ3n) is 2.16. The van der Waals surface area contributed by atoms with Crippen LogP contribution in [0.5, 0.6) is 0 Å². The second kappa shape index (κ2) is 6.65. The molecule has 1 rings (SSSR count). The molecule has 0 heterocycles. The Balaban J connectivity index is 2.71. The maximum Gasteiger partial charge on any atom is 0.251 e. The predicted molar refractivity (Wildman–Crippen MR) is 66.8 cm³/mol. The van der Waals surface area contributed by atoms with Crippen LogP contribution in [0, 0.1) is 0 Å². The lowest BCUT2D eigenvalue weighted by atomic mass is 10.2. The highest BCUT2D eigenvalue weighted by atomic mass is 16.2. The second-order valence-electron chi connectivity index (χ2n) is 3.53. The molecule has 1 aromatic rings. The summed E-state index contributed by atoms with van der Waals surface area (Å²) in [4.78, 5) is 22.8. The number of anilines is 1. The molecule has 4 N–H and O–H groups in total. The molecule has 0 aliphatic rings. The van der Waals surface area contributed by atoms with Crippen LogP contribution in [0.25, 0.3) is 0 Å². The minimum absolute atomic E-state index is 0.0792. The monoisotopic (exact) mass is 235 g/mol. The van der Waals surface area contributed by atoms with E-state index in [0.29, 0.717) is 30.8 Å². The molecular weight excluding hydrogens is 218 g/mol. The first kappa shape index (κ1) is 13.2. The summed E-state index contributed by atoms with van der Waals surface area (Å²) in [5.74, 6) is -0.271. The fourth-order valence-electron chi connectivity index (χ4n) is 1.28. The standard InChI is InChI=1S/C12H17N3O2/c1-2-11(16)15-10-5-3-4-9(8-10)12(17)14-7-6-13/h3-5,8H,2,6-7,13H2,1H3,(H,14,17)(H,15,16). The van der Waals surface area contributed by atoms with Gasteiger partial charge in [0.05, 0.1) is 0 Å². The zero-order valence-electron chi connectivity index (χ0n) is 9.82. The average Bonchev–Trinajstić information content (AvgIpc) is 2.36. The minimum Gasteiger partial charge on any atom is -0.351 e. The Kier molecular flexibility index (Phi) is 5.16. The summed E-state index contributed by atoms with van der Waals surface area (Å²) in [5, 5.41) is 5.37. The zero-order valence-corrected chi connectivity index (χ0v) is 9.82. The number of rotatable bonds is 5. The SMILES string of the molecule is CCC(=O)Nc1cccc(C(=O)NCCN)c1. The molecule has 5 nitrogen and oxygen atoms in total. The van der Waals surface area contributed by atoms with E-state index in [-0.39, 0.29) is 11.8 Å². The smallest absolute Gasteiger partial charge is 0.251 e. The molecule has 92 valence electrons. The number of amides is 2. The third-order valence-corrected chi connectivity index (χ3v) is 2.16. The van der Waals surface area contributed by atoms with E-state index in [1.54, 1.807) is 31.2 Å². The Hall–Kier alpha value is -1.88. The summed E-state index contributed by atoms with van der Waals surface area (Å²) in [7, 11) is 0. The second-order valence-corrected chi connectivity index (χ2v) is 3.53. The summed E-state index contributed by atoms with van der Waals surface area (Å²) in [6.07, 6.45) is 0.406. The molecule has 1 aromatic carbocycles. The van der Waals surface area contributed by atoms with Crippen LogP contribution in [-0.2, 0) is 4.79 Å². The molecule has 0 aliphatic carbocycles. The van der Waals surface area contributed by atoms with Gasteiger partial charge in [0.2, 0.25) is 5.91 Å². The molecule has 0 fully saturated rings. The van der Waals surface area contributed by atoms with Crippen LogP contribution >= 0.6 is 0 Å². The topological polar surface area (TPSA) is 84.2 Å². The molecule has 0 saturated carbocycles. The van der Waals surface area contributed by atoms with E-state index < -0.39 is 0 Å². The quantitative estimate of drug-likeness (QED) is 0.703. The predicted octanol–water partition coefficient (Wildman–Crippen LogP) is 0.724. The van der Waals surface area contributed by atoms with Crippen molar-refractivity contribution in [2.75, 3.05) is 18.4 Å². The van der Waals surface area contributed by atoms with E-state index in [2.05, 4.69) is 10.6 Å². The van der Waals surface area contributed by atoms with Crippen molar-refractivity contribution in [3.05, 3.63) is 29.8 Å². The van der Waals surface area contributed by atoms with E-state index in [9.17, 15) is 9.59 Å². The summed E-state index contributed by atoms with van der Waals surface area (Å²) < 4.78 is 0. The Morgan fingerprint density at radius 3 is 2.76 bits per heavy atom. The van der Waals surface area contributed by atoms with Gasteiger partial charge in [0.1, 0.15) is 0 Å². The normalized spacial score (nSPS) is 9.76. The van der Waals surface area contributed by atoms with Gasteiger partial charge in [-0.15, -0.1) is 0 Å². The van der Waals surface area contributed by atoms with Crippen molar-refractivity contribution in [3.63, 3.8) is 0 Å². The summed E-state index contributed by atoms with van der Waals surface area (Å²) in [5.41, 5.74) is 6.43. The first-order valence-electron chi connectivity index (χ1n) is 5.55. The van der Waals surface area contributed by atoms with E-state index in [4.69, 9.17) is 5.73 Å². The van der Waals surface area contributed by atoms with Crippen molar-refractivity contribution < 1.29 is 9.59 Å². The fraction of sp³-hybridized carbons (Fsp3) is 0.333. The van der Waals surface area contributed by atoms with Crippen molar-refractivity contribution >= 4 is 17.5 Å². The van der Waals surface area contributed by atoms with Gasteiger partial charge in [0.25, 0.3) is 5.91 Å². The number of carbonyl (C=O) groups excluding carboxylic acids is 2. The Bertz CT molecular complexity index is 404. The molecule has 0 aromatic heterocycles. The van der Waals surface area contributed by atoms with Crippen LogP contribution < -0.4 is 16.4 Å². The van der Waals surface area contributed by atoms with Crippen molar-refractivity contribution in [3.8, 4) is 0 Å². The third kappa shape index (κ3) is 4.24. The van der Waals surface area contributed by atoms with Crippen molar-refractivity contribution in [1.29, 1.82) is 0 Å². The van der Waals surface area contributed by atoms with Gasteiger partial charge >= 0.3 is 0 Å². The summed E-state index contributed by atoms with van der Waals surface area (Å²) >= 11 is 0. The Morgan fingerprint density at radius 1 is 1.35 bits per heavy atom. The van der Waals surface area contributed by atoms with Crippen LogP contribution in [-0.4, -0.2) is 24.9 Å². The highest BCUT2D eigenvalue weighted by Gasteiger charge is 2.06. The number of nitrogens with one attached hydrogen (secondary N) is 2. The molecule has 17 heavy (non-hydrogen) atoms. The van der Waals surface area contributed by atoms with Gasteiger partial charge < -0.3 is 16.4 Å². The lowest BCUT2D eigenvalue weighted by Gasteiger charge is -2.07. The number of hydrogen-bond donors (Lipinski definition) is 3. The minimum atomic E-state index is -0.192. The van der Waals surface area contributed by atoms with Crippen LogP contribution in [0.15, 0.2) is 24.3 Å². The number of benzene rings is 1. The molecule has 0 bridgehead atoms. The van der Waals surface area contributed by atoms with Gasteiger partial charge in [-0.1, -0.05) is 13.0 Å². The maximum absolute atomic E-state index is 11.6. The highest BCUT2D eigenvalue weighted by Crippen LogP contribution is 2.10. The molecular formula is C12H17N3O2. The molecule has 0 spiro atoms. The first-order valence-corrected chi connectivity index (χ1v) is 5.55. The van der Waals surface area contributed by atoms with Gasteiger partial charge in [-0.25, -0.2) is 0 Å². The van der Waals surface area contributed by atoms with Gasteiger partial charge in [0.15, 0.2) is 0 Å². The first-order chi connectivity index (χ1) is 8.17. The van der Waals surface area contributed by atoms with E-state index in [1.807, 2.05) is 0 Å². The van der Waals surface area contributed by atoms with E-state index in [1.165, 1.54) is 0 Å². The molecule has 0 saturated heterocycles. The van der Waals surface area contributed by atoms with Crippen LogP contribution in [0.4, 0.5) is 5.69 Å². The van der Waals surface area contributed by atoms with Crippen LogP contribution in [0.2, 0.25) is 0 Å². The van der Waals surface area contributed by atoms with Crippen molar-refractivity contribution in [1.82, 2.24) is 5.32 Å². The number of carbonyl (C=O) groups is 2. The maximum atomic E-state index is 11.6. The number of hydrogen-bond acceptors (Lipinski definition) is 3. The lowest BCUT2D eigenvalue weighted by molar-refractivity contribution is -0.115. The van der Waals surface area contributed by atoms with E-state index >= 15 is 0 Å². The molecule has 0 atom stereocenters. The Morgan fingerprint density at radius 2 is 2.12 bits per heavy atom. The molecule has 0 radical (unpaired) electrons.